The predicted molar refractivity (Wildman–Crippen MR) is 132 cm³/mol. The number of rotatable bonds is 5. The summed E-state index contributed by atoms with van der Waals surface area (Å²) >= 11 is 0. The quantitative estimate of drug-likeness (QED) is 0.365. The first-order chi connectivity index (χ1) is 16.3. The van der Waals surface area contributed by atoms with Gasteiger partial charge in [-0.3, -0.25) is 4.79 Å². The smallest absolute Gasteiger partial charge is 0.193 e. The van der Waals surface area contributed by atoms with Gasteiger partial charge >= 0.3 is 0 Å². The number of aliphatic hydroxyl groups excluding tert-OH is 1. The van der Waals surface area contributed by atoms with Crippen LogP contribution >= 0.6 is 0 Å². The summed E-state index contributed by atoms with van der Waals surface area (Å²) in [6.45, 7) is 4.14. The maximum atomic E-state index is 13.6. The van der Waals surface area contributed by atoms with Crippen molar-refractivity contribution in [1.29, 1.82) is 10.5 Å². The summed E-state index contributed by atoms with van der Waals surface area (Å²) in [5.74, 6) is -0.364. The van der Waals surface area contributed by atoms with Crippen molar-refractivity contribution in [1.82, 2.24) is 0 Å². The highest BCUT2D eigenvalue weighted by atomic mass is 16.3. The van der Waals surface area contributed by atoms with Gasteiger partial charge in [0.05, 0.1) is 23.3 Å². The van der Waals surface area contributed by atoms with E-state index < -0.39 is 5.41 Å². The normalized spacial score (nSPS) is 14.5. The minimum atomic E-state index is -0.433. The van der Waals surface area contributed by atoms with Gasteiger partial charge in [0.2, 0.25) is 0 Å². The van der Waals surface area contributed by atoms with E-state index in [0.29, 0.717) is 33.4 Å². The molecule has 34 heavy (non-hydrogen) atoms. The molecule has 0 fully saturated rings. The Balaban J connectivity index is 1.89. The number of ketones is 1. The topological polar surface area (TPSA) is 84.9 Å². The summed E-state index contributed by atoms with van der Waals surface area (Å²) in [6.07, 6.45) is 3.65. The lowest BCUT2D eigenvalue weighted by atomic mass is 9.78. The second-order valence-corrected chi connectivity index (χ2v) is 8.63. The number of carbonyl (C=O) groups is 1. The maximum Gasteiger partial charge on any atom is 0.193 e. The largest absolute Gasteiger partial charge is 0.507 e. The average Bonchev–Trinajstić information content (AvgIpc) is 3.34. The molecule has 1 N–H and O–H groups in total. The molecule has 0 aliphatic heterocycles. The van der Waals surface area contributed by atoms with E-state index in [1.807, 2.05) is 42.5 Å². The lowest BCUT2D eigenvalue weighted by molar-refractivity contribution is 0.103. The van der Waals surface area contributed by atoms with Crippen molar-refractivity contribution in [2.45, 2.75) is 19.3 Å². The Bertz CT molecular complexity index is 1460. The van der Waals surface area contributed by atoms with Crippen LogP contribution in [0.15, 0.2) is 108 Å². The van der Waals surface area contributed by atoms with Gasteiger partial charge < -0.3 is 5.11 Å². The molecular formula is C30H22N2O2. The van der Waals surface area contributed by atoms with E-state index in [1.54, 1.807) is 48.5 Å². The second-order valence-electron chi connectivity index (χ2n) is 8.63. The SMILES string of the molecule is CC(C)(C1=CC(=C(O)c2cccc(C#N)c2)C(C(=O)c2cccc(C#N)c2)=C1)c1ccccc1. The van der Waals surface area contributed by atoms with Crippen molar-refractivity contribution >= 4 is 11.5 Å². The van der Waals surface area contributed by atoms with Crippen LogP contribution in [0, 0.1) is 22.7 Å². The maximum absolute atomic E-state index is 13.6. The standard InChI is InChI=1S/C30H22N2O2/c1-30(2,24-12-4-3-5-13-24)25-16-26(28(33)22-10-6-8-20(14-22)18-31)27(17-25)29(34)23-11-7-9-21(15-23)19-32/h3-17,33H,1-2H3. The van der Waals surface area contributed by atoms with Crippen molar-refractivity contribution in [3.05, 3.63) is 136 Å². The first kappa shape index (κ1) is 22.5. The highest BCUT2D eigenvalue weighted by Gasteiger charge is 2.32. The minimum Gasteiger partial charge on any atom is -0.507 e. The van der Waals surface area contributed by atoms with Crippen molar-refractivity contribution in [3.63, 3.8) is 0 Å². The third-order valence-electron chi connectivity index (χ3n) is 6.13. The summed E-state index contributed by atoms with van der Waals surface area (Å²) in [6, 6.07) is 27.3. The first-order valence-electron chi connectivity index (χ1n) is 10.8. The molecule has 164 valence electrons. The number of benzene rings is 3. The summed E-state index contributed by atoms with van der Waals surface area (Å²) < 4.78 is 0. The van der Waals surface area contributed by atoms with Crippen LogP contribution in [0.25, 0.3) is 5.76 Å². The van der Waals surface area contributed by atoms with Gasteiger partial charge in [0.15, 0.2) is 5.78 Å². The molecule has 0 amide bonds. The van der Waals surface area contributed by atoms with Crippen LogP contribution in [-0.2, 0) is 5.41 Å². The first-order valence-corrected chi connectivity index (χ1v) is 10.8. The number of carbonyl (C=O) groups excluding carboxylic acids is 1. The monoisotopic (exact) mass is 442 g/mol. The zero-order valence-electron chi connectivity index (χ0n) is 18.9. The number of aliphatic hydroxyl groups is 1. The molecule has 0 bridgehead atoms. The van der Waals surface area contributed by atoms with Gasteiger partial charge in [-0.2, -0.15) is 10.5 Å². The van der Waals surface area contributed by atoms with Crippen LogP contribution in [0.1, 0.15) is 46.5 Å². The van der Waals surface area contributed by atoms with Crippen LogP contribution in [0.4, 0.5) is 0 Å². The van der Waals surface area contributed by atoms with Crippen molar-refractivity contribution in [2.24, 2.45) is 0 Å². The molecule has 0 heterocycles. The molecule has 0 saturated heterocycles. The zero-order valence-corrected chi connectivity index (χ0v) is 18.9. The lowest BCUT2D eigenvalue weighted by Crippen LogP contribution is -2.18. The van der Waals surface area contributed by atoms with E-state index in [0.717, 1.165) is 11.1 Å². The van der Waals surface area contributed by atoms with Gasteiger partial charge in [0, 0.05) is 27.7 Å². The van der Waals surface area contributed by atoms with Crippen LogP contribution < -0.4 is 0 Å². The Morgan fingerprint density at radius 3 is 2.00 bits per heavy atom. The number of Topliss-reactive ketones (excluding diaryl/α,β-unsaturated/α-hetero) is 1. The van der Waals surface area contributed by atoms with Crippen LogP contribution in [0.2, 0.25) is 0 Å². The fraction of sp³-hybridized carbons (Fsp3) is 0.100. The van der Waals surface area contributed by atoms with E-state index in [1.165, 1.54) is 0 Å². The average molecular weight is 443 g/mol. The van der Waals surface area contributed by atoms with Crippen LogP contribution in [0.5, 0.6) is 0 Å². The second kappa shape index (κ2) is 9.06. The summed E-state index contributed by atoms with van der Waals surface area (Å²) in [4.78, 5) is 13.6. The molecule has 0 radical (unpaired) electrons. The predicted octanol–water partition coefficient (Wildman–Crippen LogP) is 6.43. The van der Waals surface area contributed by atoms with E-state index in [-0.39, 0.29) is 11.5 Å². The van der Waals surface area contributed by atoms with Gasteiger partial charge in [-0.25, -0.2) is 0 Å². The Labute approximate surface area is 199 Å². The molecule has 3 aromatic carbocycles. The number of nitriles is 2. The Morgan fingerprint density at radius 2 is 1.38 bits per heavy atom. The Morgan fingerprint density at radius 1 is 0.794 bits per heavy atom. The zero-order chi connectivity index (χ0) is 24.3. The molecule has 0 unspecified atom stereocenters. The van der Waals surface area contributed by atoms with Gasteiger partial charge in [0.25, 0.3) is 0 Å². The molecule has 3 aromatic rings. The molecule has 4 rings (SSSR count). The Hall–Kier alpha value is -4.67. The van der Waals surface area contributed by atoms with E-state index in [2.05, 4.69) is 26.0 Å². The van der Waals surface area contributed by atoms with Gasteiger partial charge in [0.1, 0.15) is 5.76 Å². The fourth-order valence-electron chi connectivity index (χ4n) is 4.05. The molecule has 0 saturated carbocycles. The fourth-order valence-corrected chi connectivity index (χ4v) is 4.05. The number of nitrogens with zero attached hydrogens (tertiary/aromatic N) is 2. The molecule has 1 aliphatic rings. The Kier molecular flexibility index (Phi) is 6.00. The summed E-state index contributed by atoms with van der Waals surface area (Å²) in [5.41, 5.74) is 3.86. The number of hydrogen-bond donors (Lipinski definition) is 1. The van der Waals surface area contributed by atoms with Crippen LogP contribution in [-0.4, -0.2) is 10.9 Å². The third-order valence-corrected chi connectivity index (χ3v) is 6.13. The number of allylic oxidation sites excluding steroid dienone is 5. The van der Waals surface area contributed by atoms with E-state index in [9.17, 15) is 20.4 Å². The van der Waals surface area contributed by atoms with Crippen LogP contribution in [0.3, 0.4) is 0 Å². The summed E-state index contributed by atoms with van der Waals surface area (Å²) in [7, 11) is 0. The number of hydrogen-bond acceptors (Lipinski definition) is 4. The third kappa shape index (κ3) is 4.18. The van der Waals surface area contributed by atoms with Crippen molar-refractivity contribution in [3.8, 4) is 12.1 Å². The molecule has 4 nitrogen and oxygen atoms in total. The van der Waals surface area contributed by atoms with Gasteiger partial charge in [-0.05, 0) is 47.6 Å². The molecule has 1 aliphatic carbocycles. The summed E-state index contributed by atoms with van der Waals surface area (Å²) in [5, 5.41) is 29.8. The van der Waals surface area contributed by atoms with E-state index >= 15 is 0 Å². The molecule has 0 aromatic heterocycles. The highest BCUT2D eigenvalue weighted by molar-refractivity contribution is 6.14. The van der Waals surface area contributed by atoms with E-state index in [4.69, 9.17) is 0 Å². The van der Waals surface area contributed by atoms with Crippen molar-refractivity contribution in [2.75, 3.05) is 0 Å². The molecule has 4 heteroatoms. The highest BCUT2D eigenvalue weighted by Crippen LogP contribution is 2.41. The van der Waals surface area contributed by atoms with Crippen molar-refractivity contribution < 1.29 is 9.90 Å². The lowest BCUT2D eigenvalue weighted by Gasteiger charge is -2.26. The van der Waals surface area contributed by atoms with Gasteiger partial charge in [-0.15, -0.1) is 0 Å². The molecular weight excluding hydrogens is 420 g/mol. The molecule has 0 spiro atoms. The minimum absolute atomic E-state index is 0.0769. The molecule has 0 atom stereocenters. The van der Waals surface area contributed by atoms with Gasteiger partial charge in [-0.1, -0.05) is 68.4 Å².